The maximum Gasteiger partial charge on any atom is 0.331 e. The summed E-state index contributed by atoms with van der Waals surface area (Å²) >= 11 is 0. The molecular weight excluding hydrogens is 436 g/mol. The highest BCUT2D eigenvalue weighted by atomic mass is 16.6. The quantitative estimate of drug-likeness (QED) is 0.492. The monoisotopic (exact) mass is 474 g/mol. The molecule has 4 aliphatic carbocycles. The smallest absolute Gasteiger partial charge is 0.331 e. The van der Waals surface area contributed by atoms with Gasteiger partial charge in [-0.2, -0.15) is 0 Å². The molecule has 7 nitrogen and oxygen atoms in total. The summed E-state index contributed by atoms with van der Waals surface area (Å²) < 4.78 is 16.6. The van der Waals surface area contributed by atoms with E-state index in [0.717, 1.165) is 50.5 Å². The van der Waals surface area contributed by atoms with Crippen LogP contribution in [0, 0.1) is 34.5 Å². The lowest BCUT2D eigenvalue weighted by molar-refractivity contribution is -0.241. The van der Waals surface area contributed by atoms with Crippen molar-refractivity contribution in [1.82, 2.24) is 0 Å². The van der Waals surface area contributed by atoms with E-state index in [0.29, 0.717) is 18.3 Å². The standard InChI is InChI=1S/C27H38O7/c1-15(28)33-19-7-9-25(3)18(12-19)5-6-21-20(25)8-10-26(4)22(17-11-24(30)32-14-17)13-23(27(21,26)31)34-16(2)29/h11,18-23,31H,5-10,12-14H2,1-4H3. The van der Waals surface area contributed by atoms with E-state index < -0.39 is 17.1 Å². The van der Waals surface area contributed by atoms with Crippen molar-refractivity contribution >= 4 is 17.9 Å². The fraction of sp³-hybridized carbons (Fsp3) is 0.815. The molecule has 0 spiro atoms. The zero-order valence-electron chi connectivity index (χ0n) is 20.8. The molecule has 5 aliphatic rings. The molecule has 0 aromatic rings. The molecule has 0 radical (unpaired) electrons. The highest BCUT2D eigenvalue weighted by Gasteiger charge is 2.72. The third-order valence-electron chi connectivity index (χ3n) is 10.6. The molecule has 0 aromatic carbocycles. The third-order valence-corrected chi connectivity index (χ3v) is 10.6. The molecule has 9 unspecified atom stereocenters. The first-order valence-corrected chi connectivity index (χ1v) is 12.9. The lowest BCUT2D eigenvalue weighted by Crippen LogP contribution is -2.66. The second-order valence-corrected chi connectivity index (χ2v) is 12.0. The van der Waals surface area contributed by atoms with E-state index in [9.17, 15) is 19.5 Å². The van der Waals surface area contributed by atoms with Gasteiger partial charge >= 0.3 is 17.9 Å². The topological polar surface area (TPSA) is 99.1 Å². The highest BCUT2D eigenvalue weighted by Crippen LogP contribution is 2.70. The molecular formula is C27H38O7. The molecule has 0 saturated heterocycles. The summed E-state index contributed by atoms with van der Waals surface area (Å²) in [7, 11) is 0. The van der Waals surface area contributed by atoms with Crippen LogP contribution in [0.5, 0.6) is 0 Å². The fourth-order valence-electron chi connectivity index (χ4n) is 9.04. The van der Waals surface area contributed by atoms with Crippen LogP contribution in [-0.2, 0) is 28.6 Å². The zero-order chi connectivity index (χ0) is 24.5. The number of hydrogen-bond donors (Lipinski definition) is 1. The summed E-state index contributed by atoms with van der Waals surface area (Å²) in [6.07, 6.45) is 7.85. The molecule has 1 aliphatic heterocycles. The number of ether oxygens (including phenoxy) is 3. The van der Waals surface area contributed by atoms with Gasteiger partial charge in [-0.15, -0.1) is 0 Å². The third kappa shape index (κ3) is 3.36. The van der Waals surface area contributed by atoms with Crippen LogP contribution < -0.4 is 0 Å². The van der Waals surface area contributed by atoms with Gasteiger partial charge in [-0.25, -0.2) is 4.79 Å². The average Bonchev–Trinajstić information content (AvgIpc) is 3.27. The number of carbonyl (C=O) groups is 3. The Morgan fingerprint density at radius 2 is 1.74 bits per heavy atom. The molecule has 1 heterocycles. The first-order chi connectivity index (χ1) is 16.0. The second-order valence-electron chi connectivity index (χ2n) is 12.0. The predicted molar refractivity (Wildman–Crippen MR) is 122 cm³/mol. The van der Waals surface area contributed by atoms with Crippen molar-refractivity contribution < 1.29 is 33.7 Å². The number of cyclic esters (lactones) is 1. The number of rotatable bonds is 3. The first-order valence-electron chi connectivity index (χ1n) is 12.9. The van der Waals surface area contributed by atoms with Gasteiger partial charge in [0.25, 0.3) is 0 Å². The molecule has 4 fully saturated rings. The van der Waals surface area contributed by atoms with Gasteiger partial charge in [-0.05, 0) is 86.0 Å². The summed E-state index contributed by atoms with van der Waals surface area (Å²) in [5.74, 6) is -0.190. The minimum atomic E-state index is -1.15. The first kappa shape index (κ1) is 23.8. The van der Waals surface area contributed by atoms with E-state index in [4.69, 9.17) is 14.2 Å². The molecule has 9 atom stereocenters. The predicted octanol–water partition coefficient (Wildman–Crippen LogP) is 3.72. The second kappa shape index (κ2) is 8.07. The maximum absolute atomic E-state index is 12.6. The van der Waals surface area contributed by atoms with E-state index in [1.165, 1.54) is 13.8 Å². The molecule has 1 N–H and O–H groups in total. The molecule has 0 amide bonds. The summed E-state index contributed by atoms with van der Waals surface area (Å²) in [5.41, 5.74) is -0.673. The van der Waals surface area contributed by atoms with Gasteiger partial charge in [0.15, 0.2) is 0 Å². The normalized spacial score (nSPS) is 47.6. The number of esters is 3. The molecule has 0 bridgehead atoms. The van der Waals surface area contributed by atoms with Crippen LogP contribution in [0.3, 0.4) is 0 Å². The Kier molecular flexibility index (Phi) is 5.66. The van der Waals surface area contributed by atoms with E-state index in [-0.39, 0.29) is 47.9 Å². The van der Waals surface area contributed by atoms with E-state index in [1.807, 2.05) is 0 Å². The SMILES string of the molecule is CC(=O)OC1CCC2(C)C(CCC3C2CCC2(C)C(C4=CC(=O)OC4)CC(OC(C)=O)C32O)C1. The van der Waals surface area contributed by atoms with Crippen LogP contribution in [0.1, 0.15) is 79.1 Å². The number of carbonyl (C=O) groups excluding carboxylic acids is 3. The van der Waals surface area contributed by atoms with Crippen LogP contribution >= 0.6 is 0 Å². The van der Waals surface area contributed by atoms with Crippen molar-refractivity contribution in [3.05, 3.63) is 11.6 Å². The van der Waals surface area contributed by atoms with Crippen molar-refractivity contribution in [1.29, 1.82) is 0 Å². The summed E-state index contributed by atoms with van der Waals surface area (Å²) in [6, 6.07) is 0. The van der Waals surface area contributed by atoms with Crippen molar-refractivity contribution in [2.24, 2.45) is 34.5 Å². The minimum absolute atomic E-state index is 0.0134. The Balaban J connectivity index is 1.48. The Morgan fingerprint density at radius 3 is 2.38 bits per heavy atom. The Hall–Kier alpha value is -1.89. The molecule has 34 heavy (non-hydrogen) atoms. The van der Waals surface area contributed by atoms with Gasteiger partial charge in [-0.1, -0.05) is 13.8 Å². The fourth-order valence-corrected chi connectivity index (χ4v) is 9.04. The van der Waals surface area contributed by atoms with Gasteiger partial charge < -0.3 is 19.3 Å². The van der Waals surface area contributed by atoms with E-state index >= 15 is 0 Å². The zero-order valence-corrected chi connectivity index (χ0v) is 20.8. The van der Waals surface area contributed by atoms with Crippen molar-refractivity contribution in [3.63, 3.8) is 0 Å². The van der Waals surface area contributed by atoms with Crippen molar-refractivity contribution in [2.75, 3.05) is 6.61 Å². The van der Waals surface area contributed by atoms with Gasteiger partial charge in [0.1, 0.15) is 24.4 Å². The van der Waals surface area contributed by atoms with Gasteiger partial charge in [0, 0.05) is 25.3 Å². The average molecular weight is 475 g/mol. The van der Waals surface area contributed by atoms with Crippen molar-refractivity contribution in [2.45, 2.75) is 96.9 Å². The largest absolute Gasteiger partial charge is 0.463 e. The summed E-state index contributed by atoms with van der Waals surface area (Å²) in [5, 5.41) is 12.6. The minimum Gasteiger partial charge on any atom is -0.463 e. The van der Waals surface area contributed by atoms with Crippen LogP contribution in [-0.4, -0.2) is 47.4 Å². The highest BCUT2D eigenvalue weighted by molar-refractivity contribution is 5.85. The van der Waals surface area contributed by atoms with E-state index in [2.05, 4.69) is 13.8 Å². The van der Waals surface area contributed by atoms with Gasteiger partial charge in [0.2, 0.25) is 0 Å². The summed E-state index contributed by atoms with van der Waals surface area (Å²) in [4.78, 5) is 35.5. The molecule has 4 saturated carbocycles. The molecule has 0 aromatic heterocycles. The Bertz CT molecular complexity index is 926. The van der Waals surface area contributed by atoms with Crippen molar-refractivity contribution in [3.8, 4) is 0 Å². The maximum atomic E-state index is 12.6. The lowest BCUT2D eigenvalue weighted by Gasteiger charge is -2.64. The van der Waals surface area contributed by atoms with Gasteiger partial charge in [0.05, 0.1) is 0 Å². The van der Waals surface area contributed by atoms with E-state index in [1.54, 1.807) is 6.08 Å². The van der Waals surface area contributed by atoms with Crippen LogP contribution in [0.4, 0.5) is 0 Å². The Morgan fingerprint density at radius 1 is 1.00 bits per heavy atom. The Labute approximate surface area is 201 Å². The number of aliphatic hydroxyl groups is 1. The molecule has 5 rings (SSSR count). The van der Waals surface area contributed by atoms with Gasteiger partial charge in [-0.3, -0.25) is 9.59 Å². The van der Waals surface area contributed by atoms with Crippen LogP contribution in [0.15, 0.2) is 11.6 Å². The number of fused-ring (bicyclic) bond motifs is 5. The molecule has 188 valence electrons. The van der Waals surface area contributed by atoms with Crippen LogP contribution in [0.2, 0.25) is 0 Å². The molecule has 7 heteroatoms. The number of hydrogen-bond acceptors (Lipinski definition) is 7. The summed E-state index contributed by atoms with van der Waals surface area (Å²) in [6.45, 7) is 7.64. The lowest BCUT2D eigenvalue weighted by atomic mass is 9.43. The van der Waals surface area contributed by atoms with Crippen LogP contribution in [0.25, 0.3) is 0 Å².